The Kier molecular flexibility index (Phi) is 3.23. The molecule has 0 radical (unpaired) electrons. The van der Waals surface area contributed by atoms with Gasteiger partial charge in [0.2, 0.25) is 0 Å². The van der Waals surface area contributed by atoms with Gasteiger partial charge in [-0.15, -0.1) is 0 Å². The number of rotatable bonds is 3. The molecule has 0 aliphatic heterocycles. The lowest BCUT2D eigenvalue weighted by molar-refractivity contribution is 0.141. The summed E-state index contributed by atoms with van der Waals surface area (Å²) < 4.78 is 4.87. The summed E-state index contributed by atoms with van der Waals surface area (Å²) >= 11 is 0. The Balaban J connectivity index is 2.69. The van der Waals surface area contributed by atoms with Crippen molar-refractivity contribution in [1.82, 2.24) is 10.1 Å². The van der Waals surface area contributed by atoms with E-state index in [1.165, 1.54) is 0 Å². The fraction of sp³-hybridized carbons (Fsp3) is 0.778. The Morgan fingerprint density at radius 1 is 1.50 bits per heavy atom. The van der Waals surface area contributed by atoms with Crippen LogP contribution in [-0.2, 0) is 6.42 Å². The monoisotopic (exact) mass is 199 g/mol. The van der Waals surface area contributed by atoms with E-state index in [-0.39, 0.29) is 17.9 Å². The smallest absolute Gasteiger partial charge is 0.256 e. The number of aliphatic hydroxyl groups is 1. The zero-order valence-electron chi connectivity index (χ0n) is 8.82. The lowest BCUT2D eigenvalue weighted by Gasteiger charge is -2.14. The lowest BCUT2D eigenvalue weighted by Crippen LogP contribution is -2.13. The highest BCUT2D eigenvalue weighted by Crippen LogP contribution is 2.19. The quantitative estimate of drug-likeness (QED) is 0.746. The summed E-state index contributed by atoms with van der Waals surface area (Å²) in [5, 5.41) is 13.1. The van der Waals surface area contributed by atoms with Crippen LogP contribution in [0, 0.1) is 5.41 Å². The van der Waals surface area contributed by atoms with E-state index < -0.39 is 6.10 Å². The van der Waals surface area contributed by atoms with Crippen LogP contribution < -0.4 is 5.73 Å². The molecule has 1 aromatic rings. The van der Waals surface area contributed by atoms with Crippen molar-refractivity contribution in [3.8, 4) is 0 Å². The minimum atomic E-state index is -0.851. The van der Waals surface area contributed by atoms with Gasteiger partial charge in [-0.25, -0.2) is 0 Å². The van der Waals surface area contributed by atoms with Gasteiger partial charge in [0.05, 0.1) is 0 Å². The maximum atomic E-state index is 9.32. The first kappa shape index (κ1) is 11.1. The third kappa shape index (κ3) is 3.08. The maximum absolute atomic E-state index is 9.32. The molecule has 1 atom stereocenters. The molecule has 80 valence electrons. The van der Waals surface area contributed by atoms with Crippen molar-refractivity contribution >= 4 is 0 Å². The second-order valence-electron chi connectivity index (χ2n) is 4.54. The van der Waals surface area contributed by atoms with E-state index in [0.717, 1.165) is 0 Å². The van der Waals surface area contributed by atoms with Crippen molar-refractivity contribution in [3.63, 3.8) is 0 Å². The second-order valence-corrected chi connectivity index (χ2v) is 4.54. The van der Waals surface area contributed by atoms with Gasteiger partial charge in [0.15, 0.2) is 5.82 Å². The van der Waals surface area contributed by atoms with E-state index in [2.05, 4.69) is 30.9 Å². The molecule has 14 heavy (non-hydrogen) atoms. The summed E-state index contributed by atoms with van der Waals surface area (Å²) in [5.41, 5.74) is 5.37. The number of hydrogen-bond donors (Lipinski definition) is 2. The number of aromatic nitrogens is 2. The topological polar surface area (TPSA) is 85.2 Å². The molecule has 0 spiro atoms. The van der Waals surface area contributed by atoms with Crippen molar-refractivity contribution in [2.75, 3.05) is 6.54 Å². The molecule has 0 bridgehead atoms. The number of nitrogens with two attached hydrogens (primary N) is 1. The Morgan fingerprint density at radius 2 is 2.14 bits per heavy atom. The van der Waals surface area contributed by atoms with Crippen LogP contribution in [0.1, 0.15) is 38.6 Å². The summed E-state index contributed by atoms with van der Waals surface area (Å²) in [7, 11) is 0. The summed E-state index contributed by atoms with van der Waals surface area (Å²) in [6.07, 6.45) is -0.135. The van der Waals surface area contributed by atoms with E-state index in [1.807, 2.05) is 0 Å². The normalized spacial score (nSPS) is 14.4. The molecular weight excluding hydrogens is 182 g/mol. The highest BCUT2D eigenvalue weighted by molar-refractivity contribution is 4.92. The van der Waals surface area contributed by atoms with Crippen molar-refractivity contribution < 1.29 is 9.63 Å². The van der Waals surface area contributed by atoms with Crippen molar-refractivity contribution in [2.45, 2.75) is 33.3 Å². The summed E-state index contributed by atoms with van der Waals surface area (Å²) in [4.78, 5) is 4.06. The minimum absolute atomic E-state index is 0.0944. The number of hydrogen-bond acceptors (Lipinski definition) is 5. The predicted octanol–water partition coefficient (Wildman–Crippen LogP) is 0.650. The van der Waals surface area contributed by atoms with E-state index in [9.17, 15) is 5.11 Å². The molecule has 0 aliphatic rings. The lowest BCUT2D eigenvalue weighted by atomic mass is 9.92. The predicted molar refractivity (Wildman–Crippen MR) is 51.5 cm³/mol. The fourth-order valence-corrected chi connectivity index (χ4v) is 1.05. The highest BCUT2D eigenvalue weighted by Gasteiger charge is 2.18. The van der Waals surface area contributed by atoms with Crippen molar-refractivity contribution in [3.05, 3.63) is 11.7 Å². The Bertz CT molecular complexity index is 290. The van der Waals surface area contributed by atoms with Crippen LogP contribution in [0.4, 0.5) is 0 Å². The molecule has 1 aromatic heterocycles. The highest BCUT2D eigenvalue weighted by atomic mass is 16.5. The molecule has 1 heterocycles. The summed E-state index contributed by atoms with van der Waals surface area (Å²) in [5.74, 6) is 0.812. The standard InChI is InChI=1S/C9H17N3O2/c1-9(2,3)4-7-11-8(14-12-7)6(13)5-10/h6,13H,4-5,10H2,1-3H3/t6-/m0/s1. The molecule has 5 nitrogen and oxygen atoms in total. The molecule has 0 fully saturated rings. The van der Waals surface area contributed by atoms with Crippen LogP contribution in [0.3, 0.4) is 0 Å². The van der Waals surface area contributed by atoms with Crippen molar-refractivity contribution in [2.24, 2.45) is 11.1 Å². The molecule has 5 heteroatoms. The zero-order chi connectivity index (χ0) is 10.8. The van der Waals surface area contributed by atoms with Crippen LogP contribution in [-0.4, -0.2) is 21.8 Å². The largest absolute Gasteiger partial charge is 0.382 e. The Morgan fingerprint density at radius 3 is 2.64 bits per heavy atom. The van der Waals surface area contributed by atoms with Crippen LogP contribution in [0.25, 0.3) is 0 Å². The van der Waals surface area contributed by atoms with E-state index in [1.54, 1.807) is 0 Å². The van der Waals surface area contributed by atoms with Crippen LogP contribution in [0.2, 0.25) is 0 Å². The molecule has 0 aromatic carbocycles. The molecule has 0 unspecified atom stereocenters. The van der Waals surface area contributed by atoms with E-state index in [0.29, 0.717) is 12.2 Å². The van der Waals surface area contributed by atoms with Gasteiger partial charge in [0.1, 0.15) is 6.10 Å². The Hall–Kier alpha value is -0.940. The van der Waals surface area contributed by atoms with Gasteiger partial charge in [-0.1, -0.05) is 25.9 Å². The second kappa shape index (κ2) is 4.06. The van der Waals surface area contributed by atoms with E-state index >= 15 is 0 Å². The van der Waals surface area contributed by atoms with Gasteiger partial charge in [-0.3, -0.25) is 0 Å². The average Bonchev–Trinajstić information content (AvgIpc) is 2.48. The van der Waals surface area contributed by atoms with E-state index in [4.69, 9.17) is 10.3 Å². The van der Waals surface area contributed by atoms with Gasteiger partial charge in [0.25, 0.3) is 5.89 Å². The summed E-state index contributed by atoms with van der Waals surface area (Å²) in [6.45, 7) is 6.35. The molecule has 0 saturated carbocycles. The first-order valence-corrected chi connectivity index (χ1v) is 4.63. The molecule has 1 rings (SSSR count). The minimum Gasteiger partial charge on any atom is -0.382 e. The Labute approximate surface area is 83.3 Å². The van der Waals surface area contributed by atoms with Crippen LogP contribution >= 0.6 is 0 Å². The molecular formula is C9H17N3O2. The third-order valence-corrected chi connectivity index (χ3v) is 1.68. The van der Waals surface area contributed by atoms with Gasteiger partial charge < -0.3 is 15.4 Å². The summed E-state index contributed by atoms with van der Waals surface area (Å²) in [6, 6.07) is 0. The first-order chi connectivity index (χ1) is 6.42. The number of aliphatic hydroxyl groups excluding tert-OH is 1. The molecule has 0 aliphatic carbocycles. The zero-order valence-corrected chi connectivity index (χ0v) is 8.82. The maximum Gasteiger partial charge on any atom is 0.256 e. The number of nitrogens with zero attached hydrogens (tertiary/aromatic N) is 2. The van der Waals surface area contributed by atoms with Crippen molar-refractivity contribution in [1.29, 1.82) is 0 Å². The van der Waals surface area contributed by atoms with Gasteiger partial charge >= 0.3 is 0 Å². The first-order valence-electron chi connectivity index (χ1n) is 4.63. The molecule has 3 N–H and O–H groups in total. The van der Waals surface area contributed by atoms with Gasteiger partial charge in [0, 0.05) is 13.0 Å². The van der Waals surface area contributed by atoms with Crippen LogP contribution in [0.15, 0.2) is 4.52 Å². The van der Waals surface area contributed by atoms with Gasteiger partial charge in [-0.05, 0) is 5.41 Å². The van der Waals surface area contributed by atoms with Gasteiger partial charge in [-0.2, -0.15) is 4.98 Å². The molecule has 0 saturated heterocycles. The van der Waals surface area contributed by atoms with Crippen LogP contribution in [0.5, 0.6) is 0 Å². The SMILES string of the molecule is CC(C)(C)Cc1noc([C@@H](O)CN)n1. The fourth-order valence-electron chi connectivity index (χ4n) is 1.05. The third-order valence-electron chi connectivity index (χ3n) is 1.68. The molecule has 0 amide bonds. The average molecular weight is 199 g/mol.